The SMILES string of the molecule is COc1ccc(-c2cnc(CCC(=O)N3CCCC(c4nc5ccccc5o4)C3)o2)cc1. The first kappa shape index (κ1) is 20.3. The highest BCUT2D eigenvalue weighted by molar-refractivity contribution is 5.76. The van der Waals surface area contributed by atoms with E-state index in [1.807, 2.05) is 53.4 Å². The first-order valence-corrected chi connectivity index (χ1v) is 10.9. The van der Waals surface area contributed by atoms with Crippen LogP contribution in [0.15, 0.2) is 63.6 Å². The van der Waals surface area contributed by atoms with Crippen molar-refractivity contribution in [3.63, 3.8) is 0 Å². The smallest absolute Gasteiger partial charge is 0.223 e. The van der Waals surface area contributed by atoms with Gasteiger partial charge in [0.2, 0.25) is 5.91 Å². The molecule has 4 aromatic rings. The van der Waals surface area contributed by atoms with Crippen LogP contribution in [0.3, 0.4) is 0 Å². The molecule has 0 radical (unpaired) electrons. The predicted molar refractivity (Wildman–Crippen MR) is 119 cm³/mol. The van der Waals surface area contributed by atoms with Gasteiger partial charge >= 0.3 is 0 Å². The number of oxazole rings is 2. The zero-order chi connectivity index (χ0) is 21.9. The summed E-state index contributed by atoms with van der Waals surface area (Å²) in [6, 6.07) is 15.4. The van der Waals surface area contributed by atoms with Gasteiger partial charge in [-0.15, -0.1) is 0 Å². The van der Waals surface area contributed by atoms with E-state index >= 15 is 0 Å². The summed E-state index contributed by atoms with van der Waals surface area (Å²) in [6.07, 6.45) is 4.45. The van der Waals surface area contributed by atoms with Crippen molar-refractivity contribution in [2.45, 2.75) is 31.6 Å². The minimum atomic E-state index is 0.106. The van der Waals surface area contributed by atoms with Crippen molar-refractivity contribution in [1.82, 2.24) is 14.9 Å². The molecule has 1 atom stereocenters. The van der Waals surface area contributed by atoms with Gasteiger partial charge in [-0.2, -0.15) is 0 Å². The van der Waals surface area contributed by atoms with E-state index < -0.39 is 0 Å². The van der Waals surface area contributed by atoms with Crippen LogP contribution < -0.4 is 4.74 Å². The molecule has 1 aliphatic rings. The zero-order valence-electron chi connectivity index (χ0n) is 18.0. The van der Waals surface area contributed by atoms with Gasteiger partial charge < -0.3 is 18.5 Å². The summed E-state index contributed by atoms with van der Waals surface area (Å²) in [5, 5.41) is 0. The molecule has 3 heterocycles. The molecule has 164 valence electrons. The van der Waals surface area contributed by atoms with Crippen molar-refractivity contribution in [3.05, 3.63) is 66.5 Å². The molecule has 0 bridgehead atoms. The van der Waals surface area contributed by atoms with E-state index in [0.717, 1.165) is 47.7 Å². The van der Waals surface area contributed by atoms with Crippen LogP contribution in [-0.2, 0) is 11.2 Å². The maximum atomic E-state index is 12.9. The Hall–Kier alpha value is -3.61. The minimum Gasteiger partial charge on any atom is -0.497 e. The van der Waals surface area contributed by atoms with Gasteiger partial charge in [-0.3, -0.25) is 4.79 Å². The number of rotatable bonds is 6. The van der Waals surface area contributed by atoms with Crippen LogP contribution in [0.4, 0.5) is 0 Å². The van der Waals surface area contributed by atoms with E-state index in [4.69, 9.17) is 13.6 Å². The van der Waals surface area contributed by atoms with Gasteiger partial charge in [0.05, 0.1) is 19.2 Å². The fraction of sp³-hybridized carbons (Fsp3) is 0.320. The monoisotopic (exact) mass is 431 g/mol. The van der Waals surface area contributed by atoms with Crippen molar-refractivity contribution in [2.24, 2.45) is 0 Å². The quantitative estimate of drug-likeness (QED) is 0.435. The lowest BCUT2D eigenvalue weighted by molar-refractivity contribution is -0.132. The normalized spacial score (nSPS) is 16.4. The van der Waals surface area contributed by atoms with Crippen LogP contribution in [0.25, 0.3) is 22.4 Å². The number of methoxy groups -OCH3 is 1. The first-order valence-electron chi connectivity index (χ1n) is 10.9. The Morgan fingerprint density at radius 3 is 2.81 bits per heavy atom. The number of benzene rings is 2. The van der Waals surface area contributed by atoms with Gasteiger partial charge in [-0.1, -0.05) is 12.1 Å². The fourth-order valence-corrected chi connectivity index (χ4v) is 4.16. The number of hydrogen-bond acceptors (Lipinski definition) is 6. The number of piperidine rings is 1. The molecule has 2 aromatic carbocycles. The van der Waals surface area contributed by atoms with E-state index in [-0.39, 0.29) is 11.8 Å². The number of carbonyl (C=O) groups is 1. The number of fused-ring (bicyclic) bond motifs is 1. The summed E-state index contributed by atoms with van der Waals surface area (Å²) in [6.45, 7) is 1.40. The molecule has 5 rings (SSSR count). The number of aryl methyl sites for hydroxylation is 1. The summed E-state index contributed by atoms with van der Waals surface area (Å²) in [5.41, 5.74) is 2.58. The van der Waals surface area contributed by atoms with Crippen molar-refractivity contribution in [3.8, 4) is 17.1 Å². The average molecular weight is 431 g/mol. The van der Waals surface area contributed by atoms with E-state index in [1.165, 1.54) is 0 Å². The molecule has 7 nitrogen and oxygen atoms in total. The molecule has 1 unspecified atom stereocenters. The van der Waals surface area contributed by atoms with Gasteiger partial charge in [0.25, 0.3) is 0 Å². The average Bonchev–Trinajstić information content (AvgIpc) is 3.50. The Balaban J connectivity index is 1.19. The molecule has 1 aliphatic heterocycles. The van der Waals surface area contributed by atoms with Gasteiger partial charge in [0.15, 0.2) is 23.1 Å². The fourth-order valence-electron chi connectivity index (χ4n) is 4.16. The lowest BCUT2D eigenvalue weighted by Crippen LogP contribution is -2.39. The second-order valence-electron chi connectivity index (χ2n) is 8.05. The Morgan fingerprint density at radius 2 is 2.00 bits per heavy atom. The minimum absolute atomic E-state index is 0.106. The molecule has 1 fully saturated rings. The second kappa shape index (κ2) is 8.86. The number of carbonyl (C=O) groups excluding carboxylic acids is 1. The Bertz CT molecular complexity index is 1180. The highest BCUT2D eigenvalue weighted by Gasteiger charge is 2.28. The maximum Gasteiger partial charge on any atom is 0.223 e. The molecule has 0 spiro atoms. The highest BCUT2D eigenvalue weighted by atomic mass is 16.5. The molecule has 0 saturated carbocycles. The summed E-state index contributed by atoms with van der Waals surface area (Å²) >= 11 is 0. The van der Waals surface area contributed by atoms with Gasteiger partial charge in [-0.25, -0.2) is 9.97 Å². The van der Waals surface area contributed by atoms with Gasteiger partial charge in [0.1, 0.15) is 11.3 Å². The largest absolute Gasteiger partial charge is 0.497 e. The Kier molecular flexibility index (Phi) is 5.62. The topological polar surface area (TPSA) is 81.6 Å². The number of likely N-dealkylation sites (tertiary alicyclic amines) is 1. The van der Waals surface area contributed by atoms with Crippen molar-refractivity contribution in [2.75, 3.05) is 20.2 Å². The van der Waals surface area contributed by atoms with Gasteiger partial charge in [-0.05, 0) is 49.2 Å². The van der Waals surface area contributed by atoms with Crippen LogP contribution in [0, 0.1) is 0 Å². The maximum absolute atomic E-state index is 12.9. The third-order valence-electron chi connectivity index (χ3n) is 5.91. The number of nitrogens with zero attached hydrogens (tertiary/aromatic N) is 3. The molecular formula is C25H25N3O4. The number of ether oxygens (including phenoxy) is 1. The van der Waals surface area contributed by atoms with Crippen LogP contribution in [-0.4, -0.2) is 41.0 Å². The summed E-state index contributed by atoms with van der Waals surface area (Å²) in [7, 11) is 1.64. The molecule has 0 aliphatic carbocycles. The van der Waals surface area contributed by atoms with Crippen molar-refractivity contribution >= 4 is 17.0 Å². The number of amides is 1. The third kappa shape index (κ3) is 4.23. The number of para-hydroxylation sites is 2. The van der Waals surface area contributed by atoms with E-state index in [9.17, 15) is 4.79 Å². The highest BCUT2D eigenvalue weighted by Crippen LogP contribution is 2.29. The first-order chi connectivity index (χ1) is 15.7. The number of hydrogen-bond donors (Lipinski definition) is 0. The molecule has 2 aromatic heterocycles. The third-order valence-corrected chi connectivity index (χ3v) is 5.91. The van der Waals surface area contributed by atoms with Gasteiger partial charge in [0, 0.05) is 31.5 Å². The van der Waals surface area contributed by atoms with E-state index in [2.05, 4.69) is 9.97 Å². The Labute approximate surface area is 186 Å². The van der Waals surface area contributed by atoms with E-state index in [0.29, 0.717) is 31.0 Å². The molecule has 0 N–H and O–H groups in total. The standard InChI is InChI=1S/C25H25N3O4/c1-30-19-10-8-17(9-11-19)22-15-26-23(31-22)12-13-24(29)28-14-4-5-18(16-28)25-27-20-6-2-3-7-21(20)32-25/h2-3,6-11,15,18H,4-5,12-14,16H2,1H3. The molecule has 1 amide bonds. The van der Waals surface area contributed by atoms with Crippen molar-refractivity contribution < 1.29 is 18.4 Å². The molecule has 32 heavy (non-hydrogen) atoms. The molecule has 1 saturated heterocycles. The molecule has 7 heteroatoms. The summed E-state index contributed by atoms with van der Waals surface area (Å²) in [4.78, 5) is 23.7. The lowest BCUT2D eigenvalue weighted by atomic mass is 9.97. The van der Waals surface area contributed by atoms with Crippen molar-refractivity contribution in [1.29, 1.82) is 0 Å². The van der Waals surface area contributed by atoms with Crippen LogP contribution >= 0.6 is 0 Å². The van der Waals surface area contributed by atoms with Crippen LogP contribution in [0.2, 0.25) is 0 Å². The van der Waals surface area contributed by atoms with E-state index in [1.54, 1.807) is 13.3 Å². The zero-order valence-corrected chi connectivity index (χ0v) is 18.0. The summed E-state index contributed by atoms with van der Waals surface area (Å²) < 4.78 is 17.0. The Morgan fingerprint density at radius 1 is 1.16 bits per heavy atom. The lowest BCUT2D eigenvalue weighted by Gasteiger charge is -2.31. The second-order valence-corrected chi connectivity index (χ2v) is 8.05. The molecular weight excluding hydrogens is 406 g/mol. The summed E-state index contributed by atoms with van der Waals surface area (Å²) in [5.74, 6) is 3.00. The predicted octanol–water partition coefficient (Wildman–Crippen LogP) is 4.83. The number of aromatic nitrogens is 2. The van der Waals surface area contributed by atoms with Crippen LogP contribution in [0.1, 0.15) is 37.0 Å². The van der Waals surface area contributed by atoms with Crippen LogP contribution in [0.5, 0.6) is 5.75 Å².